The van der Waals surface area contributed by atoms with Gasteiger partial charge in [0.1, 0.15) is 11.5 Å². The molecule has 5 nitrogen and oxygen atoms in total. The molecule has 0 radical (unpaired) electrons. The van der Waals surface area contributed by atoms with E-state index in [0.29, 0.717) is 13.0 Å². The van der Waals surface area contributed by atoms with Gasteiger partial charge in [-0.05, 0) is 42.4 Å². The quantitative estimate of drug-likeness (QED) is 0.492. The topological polar surface area (TPSA) is 59.8 Å². The largest absolute Gasteiger partial charge is 0.457 e. The van der Waals surface area contributed by atoms with Crippen molar-refractivity contribution in [3.05, 3.63) is 52.6 Å². The fourth-order valence-corrected chi connectivity index (χ4v) is 3.47. The van der Waals surface area contributed by atoms with Crippen LogP contribution in [0.3, 0.4) is 0 Å². The number of hydrogen-bond acceptors (Lipinski definition) is 5. The molecule has 0 spiro atoms. The summed E-state index contributed by atoms with van der Waals surface area (Å²) in [5, 5.41) is -0.378. The lowest BCUT2D eigenvalue weighted by Crippen LogP contribution is -2.29. The zero-order valence-corrected chi connectivity index (χ0v) is 15.6. The Morgan fingerprint density at radius 3 is 2.71 bits per heavy atom. The molecule has 0 unspecified atom stereocenters. The van der Waals surface area contributed by atoms with Crippen LogP contribution in [0.4, 0.5) is 18.0 Å². The zero-order chi connectivity index (χ0) is 20.3. The minimum absolute atomic E-state index is 0.201. The molecule has 2 heterocycles. The first-order valence-corrected chi connectivity index (χ1v) is 9.13. The van der Waals surface area contributed by atoms with E-state index in [9.17, 15) is 22.8 Å². The standard InChI is InChI=1S/C19H16F3NO4S/c1-26-9-3-8-23-17(24)16(28-18(23)25)11-14-6-7-15(27-14)12-4-2-5-13(10-12)19(20,21)22/h2,4-7,10-11H,3,8-9H2,1H3/b16-11+. The second-order valence-corrected chi connectivity index (χ2v) is 6.95. The Balaban J connectivity index is 1.78. The molecule has 2 aromatic rings. The molecule has 0 aliphatic carbocycles. The van der Waals surface area contributed by atoms with Gasteiger partial charge in [0, 0.05) is 31.9 Å². The number of carbonyl (C=O) groups excluding carboxylic acids is 2. The summed E-state index contributed by atoms with van der Waals surface area (Å²) in [6.45, 7) is 0.683. The lowest BCUT2D eigenvalue weighted by atomic mass is 10.1. The van der Waals surface area contributed by atoms with Crippen LogP contribution in [0.1, 0.15) is 17.7 Å². The lowest BCUT2D eigenvalue weighted by Gasteiger charge is -2.11. The third-order valence-electron chi connectivity index (χ3n) is 3.98. The SMILES string of the molecule is COCCCN1C(=O)S/C(=C/c2ccc(-c3cccc(C(F)(F)F)c3)o2)C1=O. The van der Waals surface area contributed by atoms with Crippen LogP contribution in [0.5, 0.6) is 0 Å². The van der Waals surface area contributed by atoms with Crippen LogP contribution in [-0.2, 0) is 15.7 Å². The number of methoxy groups -OCH3 is 1. The maximum atomic E-state index is 12.9. The molecular weight excluding hydrogens is 395 g/mol. The summed E-state index contributed by atoms with van der Waals surface area (Å²) in [5.74, 6) is 0.0783. The number of benzene rings is 1. The molecule has 1 aliphatic heterocycles. The molecule has 0 bridgehead atoms. The van der Waals surface area contributed by atoms with E-state index in [1.807, 2.05) is 0 Å². The fraction of sp³-hybridized carbons (Fsp3) is 0.263. The van der Waals surface area contributed by atoms with Crippen LogP contribution in [0.25, 0.3) is 17.4 Å². The van der Waals surface area contributed by atoms with Crippen LogP contribution < -0.4 is 0 Å². The van der Waals surface area contributed by atoms with E-state index in [1.165, 1.54) is 37.5 Å². The van der Waals surface area contributed by atoms with Gasteiger partial charge in [0.05, 0.1) is 10.5 Å². The summed E-state index contributed by atoms with van der Waals surface area (Å²) in [4.78, 5) is 25.7. The number of amides is 2. The van der Waals surface area contributed by atoms with Gasteiger partial charge in [-0.25, -0.2) is 0 Å². The molecule has 0 N–H and O–H groups in total. The molecule has 1 saturated heterocycles. The van der Waals surface area contributed by atoms with E-state index in [1.54, 1.807) is 0 Å². The van der Waals surface area contributed by atoms with Crippen molar-refractivity contribution in [2.75, 3.05) is 20.3 Å². The van der Waals surface area contributed by atoms with Crippen molar-refractivity contribution in [2.24, 2.45) is 0 Å². The predicted octanol–water partition coefficient (Wildman–Crippen LogP) is 5.04. The average molecular weight is 411 g/mol. The van der Waals surface area contributed by atoms with Gasteiger partial charge < -0.3 is 9.15 Å². The van der Waals surface area contributed by atoms with E-state index < -0.39 is 17.6 Å². The Labute approximate surface area is 163 Å². The van der Waals surface area contributed by atoms with Gasteiger partial charge in [0.2, 0.25) is 0 Å². The maximum Gasteiger partial charge on any atom is 0.416 e. The van der Waals surface area contributed by atoms with Crippen molar-refractivity contribution in [3.8, 4) is 11.3 Å². The summed E-state index contributed by atoms with van der Waals surface area (Å²) in [5.41, 5.74) is -0.512. The third-order valence-corrected chi connectivity index (χ3v) is 4.89. The van der Waals surface area contributed by atoms with Gasteiger partial charge in [-0.1, -0.05) is 12.1 Å². The summed E-state index contributed by atoms with van der Waals surface area (Å²) in [6, 6.07) is 7.82. The number of carbonyl (C=O) groups is 2. The van der Waals surface area contributed by atoms with E-state index in [-0.39, 0.29) is 33.8 Å². The number of alkyl halides is 3. The molecule has 2 amide bonds. The molecule has 9 heteroatoms. The van der Waals surface area contributed by atoms with Crippen molar-refractivity contribution in [2.45, 2.75) is 12.6 Å². The molecule has 1 aromatic carbocycles. The number of halogens is 3. The van der Waals surface area contributed by atoms with Crippen molar-refractivity contribution in [1.82, 2.24) is 4.90 Å². The first-order chi connectivity index (χ1) is 13.3. The molecule has 0 atom stereocenters. The number of rotatable bonds is 6. The highest BCUT2D eigenvalue weighted by molar-refractivity contribution is 8.18. The van der Waals surface area contributed by atoms with Crippen LogP contribution in [0.2, 0.25) is 0 Å². The van der Waals surface area contributed by atoms with Crippen molar-refractivity contribution < 1.29 is 31.9 Å². The van der Waals surface area contributed by atoms with Crippen LogP contribution in [0, 0.1) is 0 Å². The summed E-state index contributed by atoms with van der Waals surface area (Å²) < 4.78 is 49.1. The van der Waals surface area contributed by atoms with Crippen molar-refractivity contribution in [3.63, 3.8) is 0 Å². The predicted molar refractivity (Wildman–Crippen MR) is 98.3 cm³/mol. The van der Waals surface area contributed by atoms with E-state index in [4.69, 9.17) is 9.15 Å². The number of furan rings is 1. The second kappa shape index (κ2) is 8.24. The third kappa shape index (κ3) is 4.48. The monoisotopic (exact) mass is 411 g/mol. The Hall–Kier alpha value is -2.52. The number of ether oxygens (including phenoxy) is 1. The number of hydrogen-bond donors (Lipinski definition) is 0. The Morgan fingerprint density at radius 1 is 1.21 bits per heavy atom. The number of thioether (sulfide) groups is 1. The molecular formula is C19H16F3NO4S. The van der Waals surface area contributed by atoms with Crippen molar-refractivity contribution in [1.29, 1.82) is 0 Å². The highest BCUT2D eigenvalue weighted by atomic mass is 32.2. The van der Waals surface area contributed by atoms with Gasteiger partial charge >= 0.3 is 6.18 Å². The second-order valence-electron chi connectivity index (χ2n) is 5.96. The van der Waals surface area contributed by atoms with Crippen LogP contribution in [0.15, 0.2) is 45.7 Å². The van der Waals surface area contributed by atoms with Crippen molar-refractivity contribution >= 4 is 29.0 Å². The number of nitrogens with zero attached hydrogens (tertiary/aromatic N) is 1. The molecule has 0 saturated carbocycles. The zero-order valence-electron chi connectivity index (χ0n) is 14.8. The van der Waals surface area contributed by atoms with Crippen LogP contribution in [-0.4, -0.2) is 36.3 Å². The van der Waals surface area contributed by atoms with E-state index in [2.05, 4.69) is 0 Å². The van der Waals surface area contributed by atoms with Gasteiger partial charge in [-0.2, -0.15) is 13.2 Å². The molecule has 1 aliphatic rings. The minimum Gasteiger partial charge on any atom is -0.457 e. The highest BCUT2D eigenvalue weighted by Gasteiger charge is 2.35. The number of imide groups is 1. The maximum absolute atomic E-state index is 12.9. The van der Waals surface area contributed by atoms with Gasteiger partial charge in [0.25, 0.3) is 11.1 Å². The normalized spacial score (nSPS) is 16.4. The summed E-state index contributed by atoms with van der Waals surface area (Å²) in [7, 11) is 1.53. The van der Waals surface area contributed by atoms with Gasteiger partial charge in [-0.3, -0.25) is 14.5 Å². The average Bonchev–Trinajstić information content (AvgIpc) is 3.21. The summed E-state index contributed by atoms with van der Waals surface area (Å²) >= 11 is 0.795. The smallest absolute Gasteiger partial charge is 0.416 e. The first-order valence-electron chi connectivity index (χ1n) is 8.31. The Bertz CT molecular complexity index is 920. The minimum atomic E-state index is -4.45. The van der Waals surface area contributed by atoms with Gasteiger partial charge in [0.15, 0.2) is 0 Å². The Morgan fingerprint density at radius 2 is 2.00 bits per heavy atom. The molecule has 1 fully saturated rings. The molecule has 1 aromatic heterocycles. The fourth-order valence-electron chi connectivity index (χ4n) is 2.62. The van der Waals surface area contributed by atoms with E-state index in [0.717, 1.165) is 28.8 Å². The van der Waals surface area contributed by atoms with E-state index >= 15 is 0 Å². The first kappa shape index (κ1) is 20.2. The van der Waals surface area contributed by atoms with Gasteiger partial charge in [-0.15, -0.1) is 0 Å². The van der Waals surface area contributed by atoms with Crippen LogP contribution >= 0.6 is 11.8 Å². The molecule has 28 heavy (non-hydrogen) atoms. The highest BCUT2D eigenvalue weighted by Crippen LogP contribution is 2.35. The molecule has 3 rings (SSSR count). The lowest BCUT2D eigenvalue weighted by molar-refractivity contribution is -0.137. The molecule has 148 valence electrons. The Kier molecular flexibility index (Phi) is 5.95. The summed E-state index contributed by atoms with van der Waals surface area (Å²) in [6.07, 6.45) is -2.51.